The largest absolute Gasteiger partial charge is 0.360 e. The minimum absolute atomic E-state index is 0.181. The molecule has 0 unspecified atom stereocenters. The maximum absolute atomic E-state index is 12.3. The Bertz CT molecular complexity index is 641. The van der Waals surface area contributed by atoms with Gasteiger partial charge >= 0.3 is 0 Å². The number of rotatable bonds is 3. The highest BCUT2D eigenvalue weighted by atomic mass is 16.5. The van der Waals surface area contributed by atoms with E-state index in [0.717, 1.165) is 42.7 Å². The summed E-state index contributed by atoms with van der Waals surface area (Å²) in [7, 11) is 0. The SMILES string of the molecule is CC(C)c1ccc(NC(=O)c2noc3c2CCCC3)cc1. The molecule has 4 nitrogen and oxygen atoms in total. The van der Waals surface area contributed by atoms with Gasteiger partial charge in [0.1, 0.15) is 5.76 Å². The number of carbonyl (C=O) groups is 1. The first-order valence-corrected chi connectivity index (χ1v) is 7.54. The molecule has 0 saturated carbocycles. The van der Waals surface area contributed by atoms with Crippen molar-refractivity contribution in [2.75, 3.05) is 5.32 Å². The number of fused-ring (bicyclic) bond motifs is 1. The Hall–Kier alpha value is -2.10. The molecule has 1 amide bonds. The highest BCUT2D eigenvalue weighted by molar-refractivity contribution is 6.03. The van der Waals surface area contributed by atoms with Crippen molar-refractivity contribution in [3.8, 4) is 0 Å². The molecule has 110 valence electrons. The summed E-state index contributed by atoms with van der Waals surface area (Å²) >= 11 is 0. The molecular formula is C17H20N2O2. The smallest absolute Gasteiger partial charge is 0.278 e. The van der Waals surface area contributed by atoms with Crippen molar-refractivity contribution in [3.05, 3.63) is 46.8 Å². The van der Waals surface area contributed by atoms with Gasteiger partial charge in [-0.1, -0.05) is 31.1 Å². The lowest BCUT2D eigenvalue weighted by atomic mass is 9.96. The standard InChI is InChI=1S/C17H20N2O2/c1-11(2)12-7-9-13(10-8-12)18-17(20)16-14-5-3-4-6-15(14)21-19-16/h7-11H,3-6H2,1-2H3,(H,18,20). The van der Waals surface area contributed by atoms with Gasteiger partial charge in [0.05, 0.1) is 0 Å². The average molecular weight is 284 g/mol. The van der Waals surface area contributed by atoms with Crippen LogP contribution in [-0.4, -0.2) is 11.1 Å². The highest BCUT2D eigenvalue weighted by Gasteiger charge is 2.23. The fourth-order valence-corrected chi connectivity index (χ4v) is 2.70. The van der Waals surface area contributed by atoms with Gasteiger partial charge in [-0.25, -0.2) is 0 Å². The van der Waals surface area contributed by atoms with Crippen LogP contribution in [0.25, 0.3) is 0 Å². The van der Waals surface area contributed by atoms with E-state index in [1.54, 1.807) is 0 Å². The second-order valence-electron chi connectivity index (χ2n) is 5.87. The number of benzene rings is 1. The normalized spacial score (nSPS) is 14.0. The van der Waals surface area contributed by atoms with Crippen LogP contribution in [0.2, 0.25) is 0 Å². The lowest BCUT2D eigenvalue weighted by molar-refractivity contribution is 0.101. The van der Waals surface area contributed by atoms with Crippen LogP contribution in [-0.2, 0) is 12.8 Å². The predicted molar refractivity (Wildman–Crippen MR) is 81.6 cm³/mol. The van der Waals surface area contributed by atoms with Gasteiger partial charge in [-0.15, -0.1) is 0 Å². The van der Waals surface area contributed by atoms with Crippen molar-refractivity contribution < 1.29 is 9.32 Å². The molecule has 0 saturated heterocycles. The molecule has 0 fully saturated rings. The number of nitrogens with zero attached hydrogens (tertiary/aromatic N) is 1. The molecule has 1 aromatic carbocycles. The van der Waals surface area contributed by atoms with E-state index in [0.29, 0.717) is 11.6 Å². The molecular weight excluding hydrogens is 264 g/mol. The summed E-state index contributed by atoms with van der Waals surface area (Å²) in [5.41, 5.74) is 3.47. The minimum atomic E-state index is -0.181. The molecule has 21 heavy (non-hydrogen) atoms. The number of carbonyl (C=O) groups excluding carboxylic acids is 1. The molecule has 1 aliphatic rings. The third-order valence-corrected chi connectivity index (χ3v) is 4.00. The molecule has 2 aromatic rings. The van der Waals surface area contributed by atoms with Gasteiger partial charge in [0.2, 0.25) is 0 Å². The van der Waals surface area contributed by atoms with E-state index >= 15 is 0 Å². The molecule has 0 aliphatic heterocycles. The number of amides is 1. The van der Waals surface area contributed by atoms with E-state index in [9.17, 15) is 4.79 Å². The molecule has 0 bridgehead atoms. The lowest BCUT2D eigenvalue weighted by Gasteiger charge is -2.10. The second-order valence-corrected chi connectivity index (χ2v) is 5.87. The number of hydrogen-bond acceptors (Lipinski definition) is 3. The highest BCUT2D eigenvalue weighted by Crippen LogP contribution is 2.25. The van der Waals surface area contributed by atoms with Crippen molar-refractivity contribution in [3.63, 3.8) is 0 Å². The van der Waals surface area contributed by atoms with Crippen molar-refractivity contribution >= 4 is 11.6 Å². The summed E-state index contributed by atoms with van der Waals surface area (Å²) in [4.78, 5) is 12.3. The van der Waals surface area contributed by atoms with E-state index in [4.69, 9.17) is 4.52 Å². The Morgan fingerprint density at radius 3 is 2.62 bits per heavy atom. The van der Waals surface area contributed by atoms with E-state index in [1.165, 1.54) is 5.56 Å². The zero-order chi connectivity index (χ0) is 14.8. The summed E-state index contributed by atoms with van der Waals surface area (Å²) in [6.45, 7) is 4.30. The van der Waals surface area contributed by atoms with Crippen LogP contribution < -0.4 is 5.32 Å². The maximum Gasteiger partial charge on any atom is 0.278 e. The van der Waals surface area contributed by atoms with Crippen LogP contribution in [0, 0.1) is 0 Å². The molecule has 1 aliphatic carbocycles. The first kappa shape index (κ1) is 13.9. The van der Waals surface area contributed by atoms with Gasteiger partial charge in [-0.3, -0.25) is 4.79 Å². The Kier molecular flexibility index (Phi) is 3.78. The summed E-state index contributed by atoms with van der Waals surface area (Å²) in [6.07, 6.45) is 3.98. The summed E-state index contributed by atoms with van der Waals surface area (Å²) < 4.78 is 5.29. The van der Waals surface area contributed by atoms with Gasteiger partial charge in [-0.2, -0.15) is 0 Å². The molecule has 3 rings (SSSR count). The third kappa shape index (κ3) is 2.84. The minimum Gasteiger partial charge on any atom is -0.360 e. The summed E-state index contributed by atoms with van der Waals surface area (Å²) in [5, 5.41) is 6.85. The Labute approximate surface area is 124 Å². The monoisotopic (exact) mass is 284 g/mol. The Morgan fingerprint density at radius 1 is 1.19 bits per heavy atom. The zero-order valence-corrected chi connectivity index (χ0v) is 12.5. The molecule has 1 aromatic heterocycles. The van der Waals surface area contributed by atoms with Crippen LogP contribution in [0.1, 0.15) is 60.0 Å². The summed E-state index contributed by atoms with van der Waals surface area (Å²) in [5.74, 6) is 1.18. The number of anilines is 1. The van der Waals surface area contributed by atoms with Crippen LogP contribution >= 0.6 is 0 Å². The van der Waals surface area contributed by atoms with Gasteiger partial charge < -0.3 is 9.84 Å². The van der Waals surface area contributed by atoms with Crippen molar-refractivity contribution in [1.29, 1.82) is 0 Å². The fourth-order valence-electron chi connectivity index (χ4n) is 2.70. The van der Waals surface area contributed by atoms with E-state index in [1.807, 2.05) is 24.3 Å². The van der Waals surface area contributed by atoms with Crippen LogP contribution in [0.4, 0.5) is 5.69 Å². The molecule has 1 heterocycles. The van der Waals surface area contributed by atoms with Crippen LogP contribution in [0.3, 0.4) is 0 Å². The van der Waals surface area contributed by atoms with E-state index < -0.39 is 0 Å². The maximum atomic E-state index is 12.3. The van der Waals surface area contributed by atoms with Crippen molar-refractivity contribution in [2.45, 2.75) is 45.4 Å². The number of aryl methyl sites for hydroxylation is 1. The Balaban J connectivity index is 1.75. The first-order valence-electron chi connectivity index (χ1n) is 7.54. The average Bonchev–Trinajstić information content (AvgIpc) is 2.92. The first-order chi connectivity index (χ1) is 10.1. The predicted octanol–water partition coefficient (Wildman–Crippen LogP) is 3.93. The van der Waals surface area contributed by atoms with E-state index in [2.05, 4.69) is 24.3 Å². The number of hydrogen-bond donors (Lipinski definition) is 1. The van der Waals surface area contributed by atoms with Crippen molar-refractivity contribution in [1.82, 2.24) is 5.16 Å². The molecule has 0 spiro atoms. The molecule has 0 atom stereocenters. The summed E-state index contributed by atoms with van der Waals surface area (Å²) in [6, 6.07) is 7.94. The topological polar surface area (TPSA) is 55.1 Å². The van der Waals surface area contributed by atoms with Crippen LogP contribution in [0.5, 0.6) is 0 Å². The van der Waals surface area contributed by atoms with Gasteiger partial charge in [0.15, 0.2) is 5.69 Å². The lowest BCUT2D eigenvalue weighted by Crippen LogP contribution is -2.15. The van der Waals surface area contributed by atoms with Crippen molar-refractivity contribution in [2.24, 2.45) is 0 Å². The van der Waals surface area contributed by atoms with Crippen LogP contribution in [0.15, 0.2) is 28.8 Å². The number of aromatic nitrogens is 1. The van der Waals surface area contributed by atoms with E-state index in [-0.39, 0.29) is 5.91 Å². The Morgan fingerprint density at radius 2 is 1.90 bits per heavy atom. The third-order valence-electron chi connectivity index (χ3n) is 4.00. The zero-order valence-electron chi connectivity index (χ0n) is 12.5. The van der Waals surface area contributed by atoms with Gasteiger partial charge in [0, 0.05) is 17.7 Å². The molecule has 4 heteroatoms. The second kappa shape index (κ2) is 5.72. The van der Waals surface area contributed by atoms with Gasteiger partial charge in [-0.05, 0) is 42.9 Å². The fraction of sp³-hybridized carbons (Fsp3) is 0.412. The molecule has 1 N–H and O–H groups in total. The number of nitrogens with one attached hydrogen (secondary N) is 1. The molecule has 0 radical (unpaired) electrons. The quantitative estimate of drug-likeness (QED) is 0.929. The van der Waals surface area contributed by atoms with Gasteiger partial charge in [0.25, 0.3) is 5.91 Å².